The SMILES string of the molecule is CC=O.CCCCCCCCCCCCCCCCCC.O=C(O)CCCC(=O)NCCONOCCCOC(=O)CCCCCCCCCCCCCCCCS. The minimum absolute atomic E-state index is 0.0209. The number of thiol groups is 1. The molecule has 0 atom stereocenters. The number of ether oxygens (including phenoxy) is 1. The van der Waals surface area contributed by atoms with Gasteiger partial charge in [-0.3, -0.25) is 24.1 Å². The Kier molecular flexibility index (Phi) is 60.0. The molecular formula is C47H94N2O8S. The van der Waals surface area contributed by atoms with E-state index in [4.69, 9.17) is 24.3 Å². The van der Waals surface area contributed by atoms with Gasteiger partial charge >= 0.3 is 11.9 Å². The number of aliphatic carboxylic acids is 1. The molecule has 0 unspecified atom stereocenters. The Morgan fingerprint density at radius 1 is 0.500 bits per heavy atom. The molecule has 0 aliphatic rings. The molecule has 0 fully saturated rings. The summed E-state index contributed by atoms with van der Waals surface area (Å²) in [6.07, 6.45) is 43.5. The second-order valence-corrected chi connectivity index (χ2v) is 16.0. The predicted molar refractivity (Wildman–Crippen MR) is 245 cm³/mol. The molecule has 0 heterocycles. The van der Waals surface area contributed by atoms with E-state index in [9.17, 15) is 14.4 Å². The highest BCUT2D eigenvalue weighted by Gasteiger charge is 2.04. The van der Waals surface area contributed by atoms with E-state index in [0.717, 1.165) is 24.9 Å². The van der Waals surface area contributed by atoms with Crippen LogP contribution in [0.3, 0.4) is 0 Å². The molecule has 1 amide bonds. The average Bonchev–Trinajstić information content (AvgIpc) is 3.20. The molecule has 346 valence electrons. The summed E-state index contributed by atoms with van der Waals surface area (Å²) >= 11 is 4.24. The van der Waals surface area contributed by atoms with Crippen molar-refractivity contribution >= 4 is 36.8 Å². The van der Waals surface area contributed by atoms with Gasteiger partial charge in [-0.2, -0.15) is 12.6 Å². The van der Waals surface area contributed by atoms with Crippen LogP contribution in [0.1, 0.15) is 245 Å². The zero-order valence-corrected chi connectivity index (χ0v) is 39.0. The van der Waals surface area contributed by atoms with Gasteiger partial charge in [0, 0.05) is 32.2 Å². The molecule has 0 aromatic rings. The number of aldehydes is 1. The van der Waals surface area contributed by atoms with E-state index in [0.29, 0.717) is 32.5 Å². The Labute approximate surface area is 362 Å². The third-order valence-electron chi connectivity index (χ3n) is 9.84. The highest BCUT2D eigenvalue weighted by molar-refractivity contribution is 7.80. The predicted octanol–water partition coefficient (Wildman–Crippen LogP) is 13.0. The first kappa shape index (κ1) is 60.6. The number of carbonyl (C=O) groups is 4. The number of rotatable bonds is 44. The highest BCUT2D eigenvalue weighted by atomic mass is 32.1. The third-order valence-corrected chi connectivity index (χ3v) is 10.2. The number of amides is 1. The Morgan fingerprint density at radius 2 is 0.879 bits per heavy atom. The van der Waals surface area contributed by atoms with E-state index in [1.54, 1.807) is 0 Å². The van der Waals surface area contributed by atoms with Crippen LogP contribution in [-0.4, -0.2) is 61.4 Å². The van der Waals surface area contributed by atoms with Crippen molar-refractivity contribution in [3.8, 4) is 0 Å². The summed E-state index contributed by atoms with van der Waals surface area (Å²) in [5, 5.41) is 11.1. The quantitative estimate of drug-likeness (QED) is 0.0155. The molecule has 0 aromatic heterocycles. The van der Waals surface area contributed by atoms with Gasteiger partial charge in [0.15, 0.2) is 0 Å². The van der Waals surface area contributed by atoms with Crippen molar-refractivity contribution in [3.63, 3.8) is 0 Å². The fraction of sp³-hybridized carbons (Fsp3) is 0.915. The molecule has 0 aliphatic heterocycles. The summed E-state index contributed by atoms with van der Waals surface area (Å²) in [6.45, 7) is 7.16. The minimum atomic E-state index is -0.911. The lowest BCUT2D eigenvalue weighted by molar-refractivity contribution is -0.172. The summed E-state index contributed by atoms with van der Waals surface area (Å²) in [6, 6.07) is 0. The minimum Gasteiger partial charge on any atom is -0.481 e. The van der Waals surface area contributed by atoms with Gasteiger partial charge in [-0.15, -0.1) is 0 Å². The summed E-state index contributed by atoms with van der Waals surface area (Å²) in [7, 11) is 0. The molecule has 0 saturated carbocycles. The number of esters is 1. The first-order valence-electron chi connectivity index (χ1n) is 24.0. The van der Waals surface area contributed by atoms with E-state index in [-0.39, 0.29) is 37.9 Å². The van der Waals surface area contributed by atoms with E-state index >= 15 is 0 Å². The summed E-state index contributed by atoms with van der Waals surface area (Å²) < 4.78 is 5.20. The lowest BCUT2D eigenvalue weighted by Crippen LogP contribution is -2.29. The van der Waals surface area contributed by atoms with Gasteiger partial charge in [0.25, 0.3) is 0 Å². The summed E-state index contributed by atoms with van der Waals surface area (Å²) in [5.74, 6) is -0.263. The van der Waals surface area contributed by atoms with Crippen molar-refractivity contribution in [1.29, 1.82) is 0 Å². The largest absolute Gasteiger partial charge is 0.481 e. The number of carbonyl (C=O) groups excluding carboxylic acids is 3. The van der Waals surface area contributed by atoms with Crippen molar-refractivity contribution in [2.45, 2.75) is 245 Å². The molecule has 0 rings (SSSR count). The lowest BCUT2D eigenvalue weighted by atomic mass is 10.0. The second kappa shape index (κ2) is 57.4. The van der Waals surface area contributed by atoms with E-state index in [2.05, 4.69) is 37.4 Å². The van der Waals surface area contributed by atoms with Crippen molar-refractivity contribution in [3.05, 3.63) is 0 Å². The Hall–Kier alpha value is -1.69. The molecule has 11 heteroatoms. The molecule has 0 aliphatic carbocycles. The van der Waals surface area contributed by atoms with E-state index < -0.39 is 5.97 Å². The molecule has 0 aromatic carbocycles. The number of carboxylic acid groups (broad SMARTS) is 1. The zero-order valence-electron chi connectivity index (χ0n) is 38.1. The van der Waals surface area contributed by atoms with Gasteiger partial charge in [-0.25, -0.2) is 0 Å². The van der Waals surface area contributed by atoms with Crippen LogP contribution in [0.25, 0.3) is 0 Å². The van der Waals surface area contributed by atoms with Crippen LogP contribution in [0.15, 0.2) is 0 Å². The first-order valence-corrected chi connectivity index (χ1v) is 24.7. The van der Waals surface area contributed by atoms with Crippen LogP contribution in [0, 0.1) is 0 Å². The Morgan fingerprint density at radius 3 is 1.28 bits per heavy atom. The number of nitrogens with one attached hydrogen (secondary N) is 2. The van der Waals surface area contributed by atoms with Crippen LogP contribution in [0.2, 0.25) is 0 Å². The summed E-state index contributed by atoms with van der Waals surface area (Å²) in [5.41, 5.74) is 2.32. The van der Waals surface area contributed by atoms with Crippen molar-refractivity contribution in [2.24, 2.45) is 0 Å². The van der Waals surface area contributed by atoms with Crippen molar-refractivity contribution in [1.82, 2.24) is 11.0 Å². The van der Waals surface area contributed by atoms with Crippen molar-refractivity contribution in [2.75, 3.05) is 32.1 Å². The number of hydrogen-bond acceptors (Lipinski definition) is 9. The maximum Gasteiger partial charge on any atom is 0.305 e. The van der Waals surface area contributed by atoms with Crippen LogP contribution >= 0.6 is 12.6 Å². The number of unbranched alkanes of at least 4 members (excludes halogenated alkanes) is 28. The smallest absolute Gasteiger partial charge is 0.305 e. The van der Waals surface area contributed by atoms with Crippen molar-refractivity contribution < 1.29 is 38.7 Å². The first-order chi connectivity index (χ1) is 28.4. The second-order valence-electron chi connectivity index (χ2n) is 15.6. The van der Waals surface area contributed by atoms with Gasteiger partial charge in [-0.1, -0.05) is 199 Å². The normalized spacial score (nSPS) is 10.6. The third kappa shape index (κ3) is 63.5. The molecule has 0 saturated heterocycles. The van der Waals surface area contributed by atoms with E-state index in [1.807, 2.05) is 0 Å². The molecule has 10 nitrogen and oxygen atoms in total. The topological polar surface area (TPSA) is 140 Å². The maximum absolute atomic E-state index is 11.8. The highest BCUT2D eigenvalue weighted by Crippen LogP contribution is 2.15. The van der Waals surface area contributed by atoms with Gasteiger partial charge in [0.1, 0.15) is 6.29 Å². The van der Waals surface area contributed by atoms with Gasteiger partial charge < -0.3 is 20.0 Å². The monoisotopic (exact) mass is 847 g/mol. The lowest BCUT2D eigenvalue weighted by Gasteiger charge is -2.08. The van der Waals surface area contributed by atoms with Crippen LogP contribution < -0.4 is 11.0 Å². The molecule has 0 spiro atoms. The molecular weight excluding hydrogens is 753 g/mol. The Balaban J connectivity index is -0.00000120. The standard InChI is InChI=1S/C27H52N2O7S.C18H38.C2H4O/c30-25(17-15-18-26(31)32)28-20-23-36-29-35-22-16-21-34-27(33)19-13-11-9-7-5-3-1-2-4-6-8-10-12-14-24-37;1-3-5-7-9-11-13-15-17-18-16-14-12-10-8-6-4-2;1-2-3/h29,37H,1-24H2,(H,28,30)(H,31,32);3-18H2,1-2H3;2H,1H3. The fourth-order valence-electron chi connectivity index (χ4n) is 6.37. The fourth-order valence-corrected chi connectivity index (χ4v) is 6.59. The molecule has 58 heavy (non-hydrogen) atoms. The zero-order chi connectivity index (χ0) is 43.3. The van der Waals surface area contributed by atoms with Crippen LogP contribution in [0.5, 0.6) is 0 Å². The van der Waals surface area contributed by atoms with Gasteiger partial charge in [0.2, 0.25) is 5.91 Å². The van der Waals surface area contributed by atoms with E-state index in [1.165, 1.54) is 187 Å². The molecule has 3 N–H and O–H groups in total. The Bertz CT molecular complexity index is 821. The molecule has 0 radical (unpaired) electrons. The number of hydrogen-bond donors (Lipinski definition) is 4. The van der Waals surface area contributed by atoms with Gasteiger partial charge in [-0.05, 0) is 31.9 Å². The van der Waals surface area contributed by atoms with Crippen LogP contribution in [0.4, 0.5) is 0 Å². The van der Waals surface area contributed by atoms with Crippen LogP contribution in [-0.2, 0) is 33.6 Å². The maximum atomic E-state index is 11.8. The molecule has 0 bridgehead atoms. The average molecular weight is 847 g/mol. The summed E-state index contributed by atoms with van der Waals surface area (Å²) in [4.78, 5) is 52.4. The van der Waals surface area contributed by atoms with Gasteiger partial charge in [0.05, 0.1) is 19.8 Å². The number of carboxylic acids is 1.